The van der Waals surface area contributed by atoms with E-state index in [-0.39, 0.29) is 10.9 Å². The number of rotatable bonds is 9. The second-order valence-electron chi connectivity index (χ2n) is 4.85. The van der Waals surface area contributed by atoms with Gasteiger partial charge in [-0.05, 0) is 24.3 Å². The molecular weight excluding hydrogens is 416 g/mol. The Balaban J connectivity index is 1.68. The smallest absolute Gasteiger partial charge is 0.262 e. The van der Waals surface area contributed by atoms with Gasteiger partial charge in [-0.1, -0.05) is 11.6 Å². The number of hydrogen-bond donors (Lipinski definition) is 4. The Kier molecular flexibility index (Phi) is 7.69. The van der Waals surface area contributed by atoms with Crippen molar-refractivity contribution < 1.29 is 8.42 Å². The summed E-state index contributed by atoms with van der Waals surface area (Å²) < 4.78 is 26.3. The summed E-state index contributed by atoms with van der Waals surface area (Å²) in [4.78, 5) is 8.45. The highest BCUT2D eigenvalue weighted by Crippen LogP contribution is 2.19. The van der Waals surface area contributed by atoms with Crippen LogP contribution < -0.4 is 15.8 Å². The van der Waals surface area contributed by atoms with Gasteiger partial charge in [0.05, 0.1) is 16.9 Å². The normalized spacial score (nSPS) is 11.6. The topological polar surface area (TPSA) is 133 Å². The molecule has 1 heterocycles. The lowest BCUT2D eigenvalue weighted by atomic mass is 10.4. The number of hydrogen-bond acceptors (Lipinski definition) is 7. The Labute approximate surface area is 164 Å². The summed E-state index contributed by atoms with van der Waals surface area (Å²) in [5.41, 5.74) is 6.12. The number of halogens is 1. The van der Waals surface area contributed by atoms with Crippen LogP contribution in [0.4, 0.5) is 5.13 Å². The highest BCUT2D eigenvalue weighted by molar-refractivity contribution is 7.98. The largest absolute Gasteiger partial charge is 0.370 e. The first-order valence-corrected chi connectivity index (χ1v) is 11.2. The van der Waals surface area contributed by atoms with Crippen molar-refractivity contribution in [3.8, 4) is 0 Å². The van der Waals surface area contributed by atoms with E-state index < -0.39 is 10.0 Å². The zero-order valence-corrected chi connectivity index (χ0v) is 16.7. The standard InChI is InChI=1S/C14H17ClN6O2S3/c15-10-1-3-12(4-2-10)26(22,23)19-9-18-5-6-24-7-11-8-25-14(20-11)21-13(16)17/h1-4,8-9H,5-7H2,(H,18,19)(H4,16,17,20,21). The molecule has 1 aromatic heterocycles. The molecule has 2 rings (SSSR count). The summed E-state index contributed by atoms with van der Waals surface area (Å²) in [5.74, 6) is 1.27. The third kappa shape index (κ3) is 6.83. The van der Waals surface area contributed by atoms with E-state index in [1.54, 1.807) is 11.8 Å². The second kappa shape index (κ2) is 9.76. The molecular formula is C14H17ClN6O2S3. The Bertz CT molecular complexity index is 867. The van der Waals surface area contributed by atoms with Crippen LogP contribution in [0.3, 0.4) is 0 Å². The van der Waals surface area contributed by atoms with Crippen LogP contribution in [0.25, 0.3) is 0 Å². The van der Waals surface area contributed by atoms with Gasteiger partial charge in [-0.15, -0.1) is 11.3 Å². The van der Waals surface area contributed by atoms with Crippen LogP contribution >= 0.6 is 34.7 Å². The highest BCUT2D eigenvalue weighted by atomic mass is 35.5. The molecule has 0 bridgehead atoms. The van der Waals surface area contributed by atoms with Crippen LogP contribution in [-0.4, -0.2) is 38.0 Å². The number of anilines is 1. The third-order valence-corrected chi connectivity index (χ3v) is 6.17. The first-order chi connectivity index (χ1) is 12.4. The summed E-state index contributed by atoms with van der Waals surface area (Å²) >= 11 is 8.74. The average Bonchev–Trinajstić information content (AvgIpc) is 3.01. The van der Waals surface area contributed by atoms with E-state index in [1.165, 1.54) is 41.9 Å². The van der Waals surface area contributed by atoms with Crippen LogP contribution in [0.5, 0.6) is 0 Å². The summed E-state index contributed by atoms with van der Waals surface area (Å²) in [5, 5.41) is 12.7. The number of nitrogens with two attached hydrogens (primary N) is 1. The average molecular weight is 433 g/mol. The molecule has 0 spiro atoms. The van der Waals surface area contributed by atoms with Crippen molar-refractivity contribution in [2.24, 2.45) is 10.7 Å². The van der Waals surface area contributed by atoms with E-state index in [4.69, 9.17) is 22.7 Å². The fourth-order valence-electron chi connectivity index (χ4n) is 1.69. The Morgan fingerprint density at radius 3 is 2.85 bits per heavy atom. The first kappa shape index (κ1) is 20.5. The number of sulfonamides is 1. The number of aliphatic imine (C=N–C) groups is 1. The highest BCUT2D eigenvalue weighted by Gasteiger charge is 2.11. The van der Waals surface area contributed by atoms with E-state index in [0.29, 0.717) is 28.2 Å². The maximum atomic E-state index is 12.0. The van der Waals surface area contributed by atoms with Crippen molar-refractivity contribution >= 4 is 62.2 Å². The van der Waals surface area contributed by atoms with E-state index >= 15 is 0 Å². The van der Waals surface area contributed by atoms with Crippen molar-refractivity contribution in [3.63, 3.8) is 0 Å². The van der Waals surface area contributed by atoms with E-state index in [0.717, 1.165) is 5.69 Å². The Morgan fingerprint density at radius 1 is 1.42 bits per heavy atom. The van der Waals surface area contributed by atoms with E-state index in [2.05, 4.69) is 20.0 Å². The zero-order valence-electron chi connectivity index (χ0n) is 13.5. The van der Waals surface area contributed by atoms with E-state index in [9.17, 15) is 8.42 Å². The fourth-order valence-corrected chi connectivity index (χ4v) is 4.23. The molecule has 26 heavy (non-hydrogen) atoms. The van der Waals surface area contributed by atoms with Gasteiger partial charge in [0.25, 0.3) is 10.0 Å². The summed E-state index contributed by atoms with van der Waals surface area (Å²) in [6, 6.07) is 5.88. The molecule has 8 nitrogen and oxygen atoms in total. The van der Waals surface area contributed by atoms with Gasteiger partial charge in [0, 0.05) is 28.5 Å². The van der Waals surface area contributed by atoms with Gasteiger partial charge < -0.3 is 11.1 Å². The van der Waals surface area contributed by atoms with Crippen molar-refractivity contribution in [2.45, 2.75) is 10.6 Å². The number of nitrogens with zero attached hydrogens (tertiary/aromatic N) is 2. The zero-order chi connectivity index (χ0) is 19.0. The molecule has 0 saturated carbocycles. The number of benzene rings is 1. The number of guanidine groups is 1. The monoisotopic (exact) mass is 432 g/mol. The molecule has 0 fully saturated rings. The molecule has 0 radical (unpaired) electrons. The van der Waals surface area contributed by atoms with Crippen molar-refractivity contribution in [2.75, 3.05) is 17.6 Å². The van der Waals surface area contributed by atoms with Crippen LogP contribution in [0, 0.1) is 5.41 Å². The van der Waals surface area contributed by atoms with Gasteiger partial charge in [0.2, 0.25) is 0 Å². The first-order valence-electron chi connectivity index (χ1n) is 7.26. The Hall–Kier alpha value is -1.82. The summed E-state index contributed by atoms with van der Waals surface area (Å²) in [7, 11) is -3.63. The minimum atomic E-state index is -3.63. The number of aromatic nitrogens is 1. The van der Waals surface area contributed by atoms with Gasteiger partial charge in [0.1, 0.15) is 0 Å². The second-order valence-corrected chi connectivity index (χ2v) is 8.96. The molecule has 140 valence electrons. The minimum absolute atomic E-state index is 0.126. The molecule has 2 aromatic rings. The lowest BCUT2D eigenvalue weighted by Gasteiger charge is -2.03. The van der Waals surface area contributed by atoms with Crippen LogP contribution in [0.15, 0.2) is 39.5 Å². The SMILES string of the molecule is N=C(N)Nc1nc(CSCCN=CNS(=O)(=O)c2ccc(Cl)cc2)cs1. The van der Waals surface area contributed by atoms with Gasteiger partial charge in [-0.3, -0.25) is 15.1 Å². The molecule has 5 N–H and O–H groups in total. The van der Waals surface area contributed by atoms with Gasteiger partial charge in [-0.2, -0.15) is 11.8 Å². The maximum absolute atomic E-state index is 12.0. The maximum Gasteiger partial charge on any atom is 0.262 e. The summed E-state index contributed by atoms with van der Waals surface area (Å²) in [6.07, 6.45) is 1.18. The fraction of sp³-hybridized carbons (Fsp3) is 0.214. The predicted octanol–water partition coefficient (Wildman–Crippen LogP) is 2.34. The molecule has 0 amide bonds. The van der Waals surface area contributed by atoms with Crippen molar-refractivity contribution in [1.82, 2.24) is 9.71 Å². The Morgan fingerprint density at radius 2 is 2.15 bits per heavy atom. The lowest BCUT2D eigenvalue weighted by Crippen LogP contribution is -2.22. The predicted molar refractivity (Wildman–Crippen MR) is 109 cm³/mol. The molecule has 0 unspecified atom stereocenters. The summed E-state index contributed by atoms with van der Waals surface area (Å²) in [6.45, 7) is 0.469. The van der Waals surface area contributed by atoms with Gasteiger partial charge in [-0.25, -0.2) is 13.4 Å². The molecule has 1 aromatic carbocycles. The van der Waals surface area contributed by atoms with Gasteiger partial charge in [0.15, 0.2) is 11.1 Å². The van der Waals surface area contributed by atoms with Crippen molar-refractivity contribution in [1.29, 1.82) is 5.41 Å². The third-order valence-electron chi connectivity index (χ3n) is 2.83. The molecule has 0 atom stereocenters. The van der Waals surface area contributed by atoms with Crippen LogP contribution in [-0.2, 0) is 15.8 Å². The number of nitrogens with one attached hydrogen (secondary N) is 3. The minimum Gasteiger partial charge on any atom is -0.370 e. The number of thioether (sulfide) groups is 1. The van der Waals surface area contributed by atoms with E-state index in [1.807, 2.05) is 5.38 Å². The number of thiazole rings is 1. The molecule has 0 aliphatic carbocycles. The molecule has 0 saturated heterocycles. The molecule has 12 heteroatoms. The van der Waals surface area contributed by atoms with Crippen LogP contribution in [0.2, 0.25) is 5.02 Å². The van der Waals surface area contributed by atoms with Crippen LogP contribution in [0.1, 0.15) is 5.69 Å². The van der Waals surface area contributed by atoms with Gasteiger partial charge >= 0.3 is 0 Å². The molecule has 0 aliphatic heterocycles. The van der Waals surface area contributed by atoms with Crippen molar-refractivity contribution in [3.05, 3.63) is 40.4 Å². The molecule has 0 aliphatic rings. The quantitative estimate of drug-likeness (QED) is 0.273. The lowest BCUT2D eigenvalue weighted by molar-refractivity contribution is 0.593.